The number of benzene rings is 1. The molecular weight excluding hydrogens is 304 g/mol. The van der Waals surface area contributed by atoms with Crippen LogP contribution in [0.1, 0.15) is 12.5 Å². The minimum absolute atomic E-state index is 0.121. The van der Waals surface area contributed by atoms with Crippen molar-refractivity contribution in [2.45, 2.75) is 18.7 Å². The van der Waals surface area contributed by atoms with Gasteiger partial charge in [-0.15, -0.1) is 0 Å². The standard InChI is InChI=1S/C15H20N2O4S/c1-5-15(19)17(6-2)10-14(18)16-12-8-7-9-13(11(12)3)22(4,20)21/h5,7-9H,1,6,10H2,2-4H3,(H,16,18). The van der Waals surface area contributed by atoms with Gasteiger partial charge in [0.25, 0.3) is 0 Å². The number of nitrogens with zero attached hydrogens (tertiary/aromatic N) is 1. The minimum atomic E-state index is -3.37. The van der Waals surface area contributed by atoms with Gasteiger partial charge >= 0.3 is 0 Å². The maximum Gasteiger partial charge on any atom is 0.246 e. The van der Waals surface area contributed by atoms with Gasteiger partial charge in [0.2, 0.25) is 11.8 Å². The second-order valence-electron chi connectivity index (χ2n) is 4.81. The van der Waals surface area contributed by atoms with Crippen molar-refractivity contribution in [2.75, 3.05) is 24.7 Å². The van der Waals surface area contributed by atoms with Crippen molar-refractivity contribution in [1.82, 2.24) is 4.90 Å². The molecule has 0 radical (unpaired) electrons. The largest absolute Gasteiger partial charge is 0.330 e. The number of carbonyl (C=O) groups is 2. The van der Waals surface area contributed by atoms with Crippen LogP contribution >= 0.6 is 0 Å². The number of amides is 2. The maximum absolute atomic E-state index is 12.0. The highest BCUT2D eigenvalue weighted by Crippen LogP contribution is 2.22. The Bertz CT molecular complexity index is 695. The summed E-state index contributed by atoms with van der Waals surface area (Å²) in [6, 6.07) is 4.67. The summed E-state index contributed by atoms with van der Waals surface area (Å²) >= 11 is 0. The Kier molecular flexibility index (Phi) is 5.87. The van der Waals surface area contributed by atoms with Crippen LogP contribution in [0.15, 0.2) is 35.7 Å². The lowest BCUT2D eigenvalue weighted by Crippen LogP contribution is -2.36. The van der Waals surface area contributed by atoms with Crippen molar-refractivity contribution in [3.05, 3.63) is 36.4 Å². The average Bonchev–Trinajstić information content (AvgIpc) is 2.44. The van der Waals surface area contributed by atoms with E-state index in [0.717, 1.165) is 12.3 Å². The number of hydrogen-bond donors (Lipinski definition) is 1. The van der Waals surface area contributed by atoms with E-state index in [1.807, 2.05) is 0 Å². The summed E-state index contributed by atoms with van der Waals surface area (Å²) in [6.07, 6.45) is 2.26. The van der Waals surface area contributed by atoms with E-state index >= 15 is 0 Å². The molecule has 22 heavy (non-hydrogen) atoms. The van der Waals surface area contributed by atoms with Crippen LogP contribution in [-0.4, -0.2) is 44.5 Å². The molecule has 1 rings (SSSR count). The van der Waals surface area contributed by atoms with Crippen molar-refractivity contribution in [3.63, 3.8) is 0 Å². The second kappa shape index (κ2) is 7.22. The summed E-state index contributed by atoms with van der Waals surface area (Å²) in [5.41, 5.74) is 0.881. The first-order chi connectivity index (χ1) is 10.2. The summed E-state index contributed by atoms with van der Waals surface area (Å²) in [4.78, 5) is 25.1. The normalized spacial score (nSPS) is 10.9. The van der Waals surface area contributed by atoms with Crippen LogP contribution in [0.25, 0.3) is 0 Å². The molecule has 2 amide bonds. The highest BCUT2D eigenvalue weighted by atomic mass is 32.2. The fourth-order valence-corrected chi connectivity index (χ4v) is 2.98. The lowest BCUT2D eigenvalue weighted by molar-refractivity contribution is -0.130. The number of sulfone groups is 1. The van der Waals surface area contributed by atoms with Crippen LogP contribution in [0.4, 0.5) is 5.69 Å². The Morgan fingerprint density at radius 2 is 2.00 bits per heavy atom. The summed E-state index contributed by atoms with van der Waals surface area (Å²) in [6.45, 7) is 7.02. The fourth-order valence-electron chi connectivity index (χ4n) is 1.99. The first-order valence-corrected chi connectivity index (χ1v) is 8.60. The van der Waals surface area contributed by atoms with Crippen LogP contribution in [0.3, 0.4) is 0 Å². The molecule has 0 saturated heterocycles. The van der Waals surface area contributed by atoms with E-state index in [1.54, 1.807) is 26.0 Å². The third kappa shape index (κ3) is 4.42. The van der Waals surface area contributed by atoms with Gasteiger partial charge in [0.1, 0.15) is 6.54 Å². The number of rotatable bonds is 6. The molecule has 0 atom stereocenters. The van der Waals surface area contributed by atoms with Crippen molar-refractivity contribution in [1.29, 1.82) is 0 Å². The maximum atomic E-state index is 12.0. The Balaban J connectivity index is 2.94. The molecule has 0 aliphatic rings. The van der Waals surface area contributed by atoms with Crippen molar-refractivity contribution in [2.24, 2.45) is 0 Å². The molecule has 6 nitrogen and oxygen atoms in total. The molecule has 0 spiro atoms. The van der Waals surface area contributed by atoms with E-state index in [-0.39, 0.29) is 17.3 Å². The fraction of sp³-hybridized carbons (Fsp3) is 0.333. The molecule has 0 heterocycles. The molecule has 0 aliphatic heterocycles. The average molecular weight is 324 g/mol. The van der Waals surface area contributed by atoms with E-state index in [9.17, 15) is 18.0 Å². The van der Waals surface area contributed by atoms with Crippen molar-refractivity contribution < 1.29 is 18.0 Å². The molecule has 0 fully saturated rings. The number of anilines is 1. The van der Waals surface area contributed by atoms with Crippen molar-refractivity contribution in [3.8, 4) is 0 Å². The van der Waals surface area contributed by atoms with E-state index in [1.165, 1.54) is 11.0 Å². The molecule has 120 valence electrons. The quantitative estimate of drug-likeness (QED) is 0.801. The molecule has 0 unspecified atom stereocenters. The summed E-state index contributed by atoms with van der Waals surface area (Å²) < 4.78 is 23.3. The number of likely N-dealkylation sites (N-methyl/N-ethyl adjacent to an activating group) is 1. The number of hydrogen-bond acceptors (Lipinski definition) is 4. The Morgan fingerprint density at radius 1 is 1.36 bits per heavy atom. The van der Waals surface area contributed by atoms with Crippen LogP contribution in [0.2, 0.25) is 0 Å². The molecule has 0 aromatic heterocycles. The van der Waals surface area contributed by atoms with Gasteiger partial charge in [-0.25, -0.2) is 8.42 Å². The van der Waals surface area contributed by atoms with E-state index < -0.39 is 15.7 Å². The zero-order valence-electron chi connectivity index (χ0n) is 12.9. The molecule has 0 aliphatic carbocycles. The number of carbonyl (C=O) groups excluding carboxylic acids is 2. The van der Waals surface area contributed by atoms with Gasteiger partial charge in [-0.2, -0.15) is 0 Å². The molecule has 1 N–H and O–H groups in total. The van der Waals surface area contributed by atoms with Crippen LogP contribution in [0, 0.1) is 6.92 Å². The zero-order chi connectivity index (χ0) is 16.9. The predicted octanol–water partition coefficient (Wildman–Crippen LogP) is 1.37. The zero-order valence-corrected chi connectivity index (χ0v) is 13.7. The summed E-state index contributed by atoms with van der Waals surface area (Å²) in [5.74, 6) is -0.731. The topological polar surface area (TPSA) is 83.6 Å². The highest BCUT2D eigenvalue weighted by Gasteiger charge is 2.16. The van der Waals surface area contributed by atoms with Gasteiger partial charge in [0.05, 0.1) is 4.90 Å². The summed E-state index contributed by atoms with van der Waals surface area (Å²) in [5, 5.41) is 2.63. The second-order valence-corrected chi connectivity index (χ2v) is 6.79. The first-order valence-electron chi connectivity index (χ1n) is 6.71. The van der Waals surface area contributed by atoms with Gasteiger partial charge in [0.15, 0.2) is 9.84 Å². The molecule has 1 aromatic rings. The molecule has 0 saturated carbocycles. The van der Waals surface area contributed by atoms with Gasteiger partial charge in [-0.05, 0) is 37.6 Å². The van der Waals surface area contributed by atoms with Gasteiger partial charge in [-0.1, -0.05) is 12.6 Å². The van der Waals surface area contributed by atoms with Crippen LogP contribution < -0.4 is 5.32 Å². The van der Waals surface area contributed by atoms with Gasteiger partial charge < -0.3 is 10.2 Å². The lowest BCUT2D eigenvalue weighted by Gasteiger charge is -2.19. The van der Waals surface area contributed by atoms with Crippen LogP contribution in [0.5, 0.6) is 0 Å². The predicted molar refractivity (Wildman–Crippen MR) is 85.4 cm³/mol. The minimum Gasteiger partial charge on any atom is -0.330 e. The SMILES string of the molecule is C=CC(=O)N(CC)CC(=O)Nc1cccc(S(C)(=O)=O)c1C. The molecule has 7 heteroatoms. The van der Waals surface area contributed by atoms with Gasteiger partial charge in [0, 0.05) is 18.5 Å². The molecule has 0 bridgehead atoms. The van der Waals surface area contributed by atoms with Crippen LogP contribution in [-0.2, 0) is 19.4 Å². The molecular formula is C15H20N2O4S. The van der Waals surface area contributed by atoms with E-state index in [2.05, 4.69) is 11.9 Å². The monoisotopic (exact) mass is 324 g/mol. The third-order valence-electron chi connectivity index (χ3n) is 3.16. The first kappa shape index (κ1) is 17.9. The Morgan fingerprint density at radius 3 is 2.50 bits per heavy atom. The number of nitrogens with one attached hydrogen (secondary N) is 1. The molecule has 1 aromatic carbocycles. The van der Waals surface area contributed by atoms with E-state index in [0.29, 0.717) is 17.8 Å². The van der Waals surface area contributed by atoms with Crippen molar-refractivity contribution >= 4 is 27.3 Å². The third-order valence-corrected chi connectivity index (χ3v) is 4.40. The highest BCUT2D eigenvalue weighted by molar-refractivity contribution is 7.90. The Hall–Kier alpha value is -2.15. The lowest BCUT2D eigenvalue weighted by atomic mass is 10.2. The smallest absolute Gasteiger partial charge is 0.246 e. The summed E-state index contributed by atoms with van der Waals surface area (Å²) in [7, 11) is -3.37. The van der Waals surface area contributed by atoms with E-state index in [4.69, 9.17) is 0 Å². The van der Waals surface area contributed by atoms with Gasteiger partial charge in [-0.3, -0.25) is 9.59 Å². The Labute approximate surface area is 130 Å².